The summed E-state index contributed by atoms with van der Waals surface area (Å²) in [7, 11) is 2.40. The Morgan fingerprint density at radius 1 is 0.689 bits per heavy atom. The number of nitrogens with zero attached hydrogens (tertiary/aromatic N) is 4. The molecule has 0 saturated heterocycles. The van der Waals surface area contributed by atoms with E-state index < -0.39 is 48.0 Å². The van der Waals surface area contributed by atoms with Crippen molar-refractivity contribution < 1.29 is 93.5 Å². The summed E-state index contributed by atoms with van der Waals surface area (Å²) in [4.78, 5) is 82.0. The normalized spacial score (nSPS) is 16.9. The Morgan fingerprint density at radius 3 is 1.40 bits per heavy atom. The van der Waals surface area contributed by atoms with E-state index in [-0.39, 0.29) is 124 Å². The SMILES string of the molecule is COC(=O)CCC(C(=O)O)N1CCN(C(CCC(C)=O)C(=O)O)Cc2cccc(n2)CN(C(CCC(=O)OC)C(=O)O)CC1.[Gd+3]. The van der Waals surface area contributed by atoms with Gasteiger partial charge in [-0.2, -0.15) is 0 Å². The molecule has 2 bridgehead atoms. The Kier molecular flexibility index (Phi) is 18.4. The summed E-state index contributed by atoms with van der Waals surface area (Å²) in [6.07, 6.45) is -0.401. The summed E-state index contributed by atoms with van der Waals surface area (Å²) in [5.74, 6) is -4.85. The van der Waals surface area contributed by atoms with Crippen LogP contribution in [0.1, 0.15) is 56.8 Å². The molecule has 3 atom stereocenters. The molecule has 2 heterocycles. The van der Waals surface area contributed by atoms with Crippen LogP contribution in [-0.4, -0.2) is 129 Å². The maximum Gasteiger partial charge on any atom is 3.00 e. The van der Waals surface area contributed by atoms with Gasteiger partial charge in [0.15, 0.2) is 0 Å². The molecule has 1 aromatic heterocycles. The van der Waals surface area contributed by atoms with Crippen molar-refractivity contribution in [1.82, 2.24) is 19.7 Å². The van der Waals surface area contributed by atoms with E-state index in [1.165, 1.54) is 21.1 Å². The second-order valence-electron chi connectivity index (χ2n) is 10.6. The van der Waals surface area contributed by atoms with Crippen molar-refractivity contribution in [3.63, 3.8) is 0 Å². The predicted molar refractivity (Wildman–Crippen MR) is 153 cm³/mol. The van der Waals surface area contributed by atoms with Gasteiger partial charge in [0.2, 0.25) is 0 Å². The quantitative estimate of drug-likeness (QED) is 0.209. The molecule has 45 heavy (non-hydrogen) atoms. The van der Waals surface area contributed by atoms with Crippen molar-refractivity contribution in [2.24, 2.45) is 0 Å². The standard InChI is InChI=1S/C29H42N4O11.Gd/c1-19(34)7-8-23(28(39)40)32-15-13-31(22(27(37)38)9-11-25(35)43-2)14-16-33(18-21-6-4-5-20(17-32)30-21)24(29(41)42)10-12-26(36)44-3;/h4-6,22-24H,7-18H2,1-3H3,(H,37,38)(H,39,40)(H,41,42);/q;+3. The first-order chi connectivity index (χ1) is 20.9. The second-order valence-corrected chi connectivity index (χ2v) is 10.6. The largest absolute Gasteiger partial charge is 3.00 e. The van der Waals surface area contributed by atoms with E-state index in [9.17, 15) is 44.1 Å². The van der Waals surface area contributed by atoms with Crippen LogP contribution < -0.4 is 0 Å². The Morgan fingerprint density at radius 2 is 1.04 bits per heavy atom. The summed E-state index contributed by atoms with van der Waals surface area (Å²) in [5.41, 5.74) is 1.00. The maximum absolute atomic E-state index is 12.4. The van der Waals surface area contributed by atoms with E-state index in [0.717, 1.165) is 0 Å². The zero-order valence-corrected chi connectivity index (χ0v) is 28.0. The van der Waals surface area contributed by atoms with Gasteiger partial charge in [0.1, 0.15) is 23.9 Å². The van der Waals surface area contributed by atoms with E-state index in [0.29, 0.717) is 11.4 Å². The zero-order valence-electron chi connectivity index (χ0n) is 25.7. The number of carboxylic acid groups (broad SMARTS) is 3. The average Bonchev–Trinajstić information content (AvgIpc) is 2.96. The number of fused-ring (bicyclic) bond motifs is 2. The van der Waals surface area contributed by atoms with Gasteiger partial charge in [-0.05, 0) is 38.3 Å². The van der Waals surface area contributed by atoms with Crippen LogP contribution in [-0.2, 0) is 51.3 Å². The van der Waals surface area contributed by atoms with Crippen LogP contribution in [0, 0.1) is 39.9 Å². The molecule has 3 unspecified atom stereocenters. The van der Waals surface area contributed by atoms with E-state index in [1.807, 2.05) is 0 Å². The number of aromatic nitrogens is 1. The minimum Gasteiger partial charge on any atom is -0.480 e. The van der Waals surface area contributed by atoms with Crippen molar-refractivity contribution in [3.05, 3.63) is 29.6 Å². The minimum absolute atomic E-state index is 0. The number of carbonyl (C=O) groups excluding carboxylic acids is 3. The van der Waals surface area contributed by atoms with E-state index in [4.69, 9.17) is 0 Å². The number of rotatable bonds is 15. The van der Waals surface area contributed by atoms with Crippen LogP contribution in [0.5, 0.6) is 0 Å². The molecule has 1 aliphatic rings. The first-order valence-electron chi connectivity index (χ1n) is 14.3. The molecule has 0 fully saturated rings. The van der Waals surface area contributed by atoms with Crippen LogP contribution >= 0.6 is 0 Å². The van der Waals surface area contributed by atoms with Gasteiger partial charge in [-0.25, -0.2) is 0 Å². The molecule has 0 spiro atoms. The molecule has 0 aromatic carbocycles. The van der Waals surface area contributed by atoms with Crippen LogP contribution in [0.3, 0.4) is 0 Å². The van der Waals surface area contributed by atoms with Gasteiger partial charge in [-0.15, -0.1) is 0 Å². The average molecular weight is 780 g/mol. The maximum atomic E-state index is 12.4. The summed E-state index contributed by atoms with van der Waals surface area (Å²) in [6.45, 7) is 1.72. The van der Waals surface area contributed by atoms with Gasteiger partial charge in [0.25, 0.3) is 0 Å². The third-order valence-corrected chi connectivity index (χ3v) is 7.59. The number of hydrogen-bond donors (Lipinski definition) is 3. The van der Waals surface area contributed by atoms with Gasteiger partial charge in [-0.3, -0.25) is 43.7 Å². The fraction of sp³-hybridized carbons (Fsp3) is 0.621. The van der Waals surface area contributed by atoms with Crippen molar-refractivity contribution in [2.45, 2.75) is 76.7 Å². The fourth-order valence-electron chi connectivity index (χ4n) is 5.19. The number of ether oxygens (including phenoxy) is 2. The predicted octanol–water partition coefficient (Wildman–Crippen LogP) is 0.636. The Balaban J connectivity index is 0.0000101. The van der Waals surface area contributed by atoms with Gasteiger partial charge >= 0.3 is 69.8 Å². The number of hydrogen-bond acceptors (Lipinski definition) is 12. The molecule has 2 rings (SSSR count). The first-order valence-corrected chi connectivity index (χ1v) is 14.3. The van der Waals surface area contributed by atoms with E-state index in [1.54, 1.807) is 32.9 Å². The van der Waals surface area contributed by atoms with E-state index >= 15 is 0 Å². The Bertz CT molecular complexity index is 1180. The third kappa shape index (κ3) is 13.7. The van der Waals surface area contributed by atoms with Crippen LogP contribution in [0.15, 0.2) is 18.2 Å². The van der Waals surface area contributed by atoms with Crippen molar-refractivity contribution in [1.29, 1.82) is 0 Å². The van der Waals surface area contributed by atoms with Crippen molar-refractivity contribution >= 4 is 35.6 Å². The van der Waals surface area contributed by atoms with Gasteiger partial charge in [-0.1, -0.05) is 6.07 Å². The molecule has 1 radical (unpaired) electrons. The molecule has 3 N–H and O–H groups in total. The zero-order chi connectivity index (χ0) is 32.8. The molecular weight excluding hydrogens is 738 g/mol. The molecule has 0 amide bonds. The van der Waals surface area contributed by atoms with Gasteiger partial charge in [0.05, 0.1) is 25.6 Å². The number of ketones is 1. The second kappa shape index (κ2) is 20.5. The summed E-state index contributed by atoms with van der Waals surface area (Å²) >= 11 is 0. The molecule has 0 aliphatic carbocycles. The van der Waals surface area contributed by atoms with Crippen LogP contribution in [0.4, 0.5) is 0 Å². The molecule has 16 heteroatoms. The number of methoxy groups -OCH3 is 2. The number of pyridine rings is 1. The molecule has 0 saturated carbocycles. The summed E-state index contributed by atoms with van der Waals surface area (Å²) in [6, 6.07) is 1.78. The van der Waals surface area contributed by atoms with Crippen molar-refractivity contribution in [3.8, 4) is 0 Å². The monoisotopic (exact) mass is 780 g/mol. The number of esters is 2. The molecule has 15 nitrogen and oxygen atoms in total. The third-order valence-electron chi connectivity index (χ3n) is 7.59. The van der Waals surface area contributed by atoms with Crippen LogP contribution in [0.2, 0.25) is 0 Å². The molecule has 249 valence electrons. The molecular formula is C29H42GdN4O11+3. The minimum atomic E-state index is -1.21. The fourth-order valence-corrected chi connectivity index (χ4v) is 5.19. The van der Waals surface area contributed by atoms with E-state index in [2.05, 4.69) is 14.5 Å². The number of aliphatic carboxylic acids is 3. The van der Waals surface area contributed by atoms with Crippen molar-refractivity contribution in [2.75, 3.05) is 40.4 Å². The topological polar surface area (TPSA) is 204 Å². The Labute approximate surface area is 293 Å². The smallest absolute Gasteiger partial charge is 0.480 e. The Hall–Kier alpha value is -2.63. The van der Waals surface area contributed by atoms with Gasteiger partial charge < -0.3 is 29.6 Å². The summed E-state index contributed by atoms with van der Waals surface area (Å²) < 4.78 is 9.37. The number of carbonyl (C=O) groups is 6. The number of Topliss-reactive ketones (excluding diaryl/α,β-unsaturated/α-hetero) is 1. The van der Waals surface area contributed by atoms with Gasteiger partial charge in [0, 0.05) is 58.5 Å². The van der Waals surface area contributed by atoms with Crippen LogP contribution in [0.25, 0.3) is 0 Å². The number of carboxylic acids is 3. The molecule has 1 aromatic rings. The first kappa shape index (κ1) is 40.4. The molecule has 1 aliphatic heterocycles. The summed E-state index contributed by atoms with van der Waals surface area (Å²) in [5, 5.41) is 30.3.